The fourth-order valence-corrected chi connectivity index (χ4v) is 5.84. The van der Waals surface area contributed by atoms with Crippen LogP contribution in [-0.2, 0) is 0 Å². The van der Waals surface area contributed by atoms with E-state index in [1.165, 1.54) is 64.2 Å². The molecule has 3 nitrogen and oxygen atoms in total. The van der Waals surface area contributed by atoms with Crippen molar-refractivity contribution in [2.45, 2.75) is 71.1 Å². The highest BCUT2D eigenvalue weighted by Crippen LogP contribution is 2.42. The third-order valence-corrected chi connectivity index (χ3v) is 7.89. The summed E-state index contributed by atoms with van der Waals surface area (Å²) >= 11 is 0. The van der Waals surface area contributed by atoms with Crippen molar-refractivity contribution >= 4 is 5.97 Å². The fraction of sp³-hybridized carbons (Fsp3) is 0.552. The monoisotopic (exact) mass is 488 g/mol. The Morgan fingerprint density at radius 1 is 0.800 bits per heavy atom. The molecule has 6 heteroatoms. The highest BCUT2D eigenvalue weighted by molar-refractivity contribution is 5.91. The first-order valence-electron chi connectivity index (χ1n) is 13.0. The van der Waals surface area contributed by atoms with Gasteiger partial charge in [-0.25, -0.2) is 18.0 Å². The Morgan fingerprint density at radius 2 is 1.34 bits per heavy atom. The van der Waals surface area contributed by atoms with E-state index in [2.05, 4.69) is 6.92 Å². The minimum atomic E-state index is -1.60. The molecule has 2 aromatic carbocycles. The van der Waals surface area contributed by atoms with Crippen LogP contribution in [0.5, 0.6) is 11.5 Å². The second kappa shape index (κ2) is 12.0. The Morgan fingerprint density at radius 3 is 1.89 bits per heavy atom. The number of carbonyl (C=O) groups is 1. The van der Waals surface area contributed by atoms with Gasteiger partial charge in [-0.05, 0) is 86.5 Å². The Balaban J connectivity index is 1.20. The molecule has 2 fully saturated rings. The first kappa shape index (κ1) is 25.6. The summed E-state index contributed by atoms with van der Waals surface area (Å²) in [7, 11) is 0. The van der Waals surface area contributed by atoms with E-state index in [0.29, 0.717) is 30.4 Å². The summed E-state index contributed by atoms with van der Waals surface area (Å²) in [6.07, 6.45) is 13.4. The van der Waals surface area contributed by atoms with Gasteiger partial charge in [0.15, 0.2) is 17.5 Å². The molecule has 4 rings (SSSR count). The third-order valence-electron chi connectivity index (χ3n) is 7.89. The van der Waals surface area contributed by atoms with Crippen molar-refractivity contribution < 1.29 is 27.4 Å². The smallest absolute Gasteiger partial charge is 0.343 e. The maximum absolute atomic E-state index is 13.3. The Hall–Kier alpha value is -2.50. The zero-order valence-corrected chi connectivity index (χ0v) is 20.4. The molecule has 2 aliphatic carbocycles. The van der Waals surface area contributed by atoms with Gasteiger partial charge < -0.3 is 9.47 Å². The lowest BCUT2D eigenvalue weighted by atomic mass is 9.69. The number of rotatable bonds is 8. The van der Waals surface area contributed by atoms with Gasteiger partial charge in [0.2, 0.25) is 0 Å². The molecule has 2 aromatic rings. The summed E-state index contributed by atoms with van der Waals surface area (Å²) in [5, 5.41) is 0. The van der Waals surface area contributed by atoms with Crippen LogP contribution in [0.3, 0.4) is 0 Å². The molecule has 190 valence electrons. The summed E-state index contributed by atoms with van der Waals surface area (Å²) in [6.45, 7) is 2.95. The van der Waals surface area contributed by atoms with Crippen molar-refractivity contribution in [2.24, 2.45) is 23.7 Å². The number of halogens is 3. The van der Waals surface area contributed by atoms with E-state index in [0.717, 1.165) is 17.8 Å². The van der Waals surface area contributed by atoms with Crippen molar-refractivity contribution in [1.82, 2.24) is 0 Å². The molecule has 35 heavy (non-hydrogen) atoms. The molecule has 0 heterocycles. The lowest BCUT2D eigenvalue weighted by molar-refractivity contribution is 0.0733. The van der Waals surface area contributed by atoms with Crippen molar-refractivity contribution in [1.29, 1.82) is 0 Å². The Kier molecular flexibility index (Phi) is 8.74. The van der Waals surface area contributed by atoms with Gasteiger partial charge in [-0.1, -0.05) is 32.6 Å². The molecule has 0 unspecified atom stereocenters. The van der Waals surface area contributed by atoms with Gasteiger partial charge in [-0.15, -0.1) is 0 Å². The summed E-state index contributed by atoms with van der Waals surface area (Å²) in [5.74, 6) is -1.64. The van der Waals surface area contributed by atoms with Crippen LogP contribution < -0.4 is 9.47 Å². The van der Waals surface area contributed by atoms with Gasteiger partial charge in [0.1, 0.15) is 11.5 Å². The minimum absolute atomic E-state index is 0.205. The number of carbonyl (C=O) groups excluding carboxylic acids is 1. The SMILES string of the molecule is CCCC1CCC(C2CCC(COc3ccc(C(=O)Oc4cc(F)c(F)c(F)c4)cc3)CC2)CC1. The van der Waals surface area contributed by atoms with E-state index in [9.17, 15) is 18.0 Å². The van der Waals surface area contributed by atoms with Gasteiger partial charge in [0.05, 0.1) is 12.2 Å². The number of benzene rings is 2. The predicted molar refractivity (Wildman–Crippen MR) is 129 cm³/mol. The number of hydrogen-bond donors (Lipinski definition) is 0. The molecular weight excluding hydrogens is 453 g/mol. The number of ether oxygens (including phenoxy) is 2. The van der Waals surface area contributed by atoms with E-state index >= 15 is 0 Å². The van der Waals surface area contributed by atoms with Crippen LogP contribution in [0.25, 0.3) is 0 Å². The molecule has 2 aliphatic rings. The maximum atomic E-state index is 13.3. The Bertz CT molecular complexity index is 952. The first-order chi connectivity index (χ1) is 16.9. The molecule has 0 atom stereocenters. The van der Waals surface area contributed by atoms with Gasteiger partial charge in [0.25, 0.3) is 0 Å². The normalized spacial score (nSPS) is 24.7. The zero-order chi connectivity index (χ0) is 24.8. The quantitative estimate of drug-likeness (QED) is 0.214. The van der Waals surface area contributed by atoms with Crippen LogP contribution in [-0.4, -0.2) is 12.6 Å². The van der Waals surface area contributed by atoms with Crippen molar-refractivity contribution in [2.75, 3.05) is 6.61 Å². The van der Waals surface area contributed by atoms with Crippen molar-refractivity contribution in [3.63, 3.8) is 0 Å². The average Bonchev–Trinajstić information content (AvgIpc) is 2.87. The second-order valence-corrected chi connectivity index (χ2v) is 10.3. The van der Waals surface area contributed by atoms with Crippen LogP contribution in [0.2, 0.25) is 0 Å². The first-order valence-corrected chi connectivity index (χ1v) is 13.0. The van der Waals surface area contributed by atoms with Crippen LogP contribution in [0, 0.1) is 41.1 Å². The standard InChI is InChI=1S/C29H35F3O3/c1-2-3-19-4-8-21(9-5-19)22-10-6-20(7-11-22)18-34-24-14-12-23(13-15-24)29(33)35-25-16-26(30)28(32)27(31)17-25/h12-17,19-22H,2-11,18H2,1H3. The van der Waals surface area contributed by atoms with E-state index < -0.39 is 29.2 Å². The maximum Gasteiger partial charge on any atom is 0.343 e. The predicted octanol–water partition coefficient (Wildman–Crippen LogP) is 8.11. The summed E-state index contributed by atoms with van der Waals surface area (Å²) in [4.78, 5) is 12.2. The van der Waals surface area contributed by atoms with E-state index in [-0.39, 0.29) is 5.56 Å². The summed E-state index contributed by atoms with van der Waals surface area (Å²) < 4.78 is 50.6. The largest absolute Gasteiger partial charge is 0.493 e. The van der Waals surface area contributed by atoms with Gasteiger partial charge in [-0.3, -0.25) is 0 Å². The third kappa shape index (κ3) is 6.80. The molecule has 0 aromatic heterocycles. The minimum Gasteiger partial charge on any atom is -0.493 e. The zero-order valence-electron chi connectivity index (χ0n) is 20.4. The molecule has 0 saturated heterocycles. The lowest BCUT2D eigenvalue weighted by Gasteiger charge is -2.37. The number of esters is 1. The highest BCUT2D eigenvalue weighted by atomic mass is 19.2. The van der Waals surface area contributed by atoms with Gasteiger partial charge in [-0.2, -0.15) is 0 Å². The average molecular weight is 489 g/mol. The molecular formula is C29H35F3O3. The van der Waals surface area contributed by atoms with Crippen LogP contribution >= 0.6 is 0 Å². The van der Waals surface area contributed by atoms with E-state index in [1.54, 1.807) is 24.3 Å². The van der Waals surface area contributed by atoms with Crippen LogP contribution in [0.4, 0.5) is 13.2 Å². The molecule has 0 amide bonds. The molecule has 0 bridgehead atoms. The van der Waals surface area contributed by atoms with E-state index in [1.807, 2.05) is 0 Å². The summed E-state index contributed by atoms with van der Waals surface area (Å²) in [5.41, 5.74) is 0.205. The second-order valence-electron chi connectivity index (χ2n) is 10.3. The van der Waals surface area contributed by atoms with Crippen molar-refractivity contribution in [3.05, 3.63) is 59.4 Å². The summed E-state index contributed by atoms with van der Waals surface area (Å²) in [6, 6.07) is 7.73. The van der Waals surface area contributed by atoms with Crippen LogP contribution in [0.15, 0.2) is 36.4 Å². The van der Waals surface area contributed by atoms with Gasteiger partial charge in [0, 0.05) is 12.1 Å². The van der Waals surface area contributed by atoms with Crippen LogP contribution in [0.1, 0.15) is 81.5 Å². The topological polar surface area (TPSA) is 35.5 Å². The highest BCUT2D eigenvalue weighted by Gasteiger charge is 2.30. The fourth-order valence-electron chi connectivity index (χ4n) is 5.84. The molecule has 0 aliphatic heterocycles. The molecule has 0 spiro atoms. The molecule has 0 radical (unpaired) electrons. The van der Waals surface area contributed by atoms with Crippen molar-refractivity contribution in [3.8, 4) is 11.5 Å². The molecule has 0 N–H and O–H groups in total. The van der Waals surface area contributed by atoms with Gasteiger partial charge >= 0.3 is 5.97 Å². The lowest BCUT2D eigenvalue weighted by Crippen LogP contribution is -2.27. The Labute approximate surface area is 206 Å². The van der Waals surface area contributed by atoms with E-state index in [4.69, 9.17) is 9.47 Å². The number of hydrogen-bond acceptors (Lipinski definition) is 3. The molecule has 2 saturated carbocycles.